The fraction of sp³-hybridized carbons (Fsp3) is 0.0901. The molecule has 17 rings (SSSR count). The van der Waals surface area contributed by atoms with Crippen molar-refractivity contribution in [1.29, 1.82) is 0 Å². The Balaban J connectivity index is 0.000000142. The van der Waals surface area contributed by atoms with Gasteiger partial charge in [-0.1, -0.05) is 214 Å². The maximum Gasteiger partial charge on any atom is 0.265 e. The predicted octanol–water partition coefficient (Wildman–Crippen LogP) is 25.2. The zero-order valence-corrected chi connectivity index (χ0v) is 75.0. The van der Waals surface area contributed by atoms with Crippen molar-refractivity contribution in [1.82, 2.24) is 4.98 Å². The van der Waals surface area contributed by atoms with Crippen LogP contribution in [0.5, 0.6) is 11.5 Å². The van der Waals surface area contributed by atoms with E-state index in [2.05, 4.69) is 92.4 Å². The zero-order valence-electron chi connectivity index (χ0n) is 73.4. The smallest absolute Gasteiger partial charge is 0.265 e. The molecule has 134 heavy (non-hydrogen) atoms. The van der Waals surface area contributed by atoms with Crippen LogP contribution in [0, 0.1) is 18.6 Å². The third-order valence-corrected chi connectivity index (χ3v) is 22.3. The molecule has 0 saturated heterocycles. The number of anilines is 7. The predicted molar refractivity (Wildman–Crippen MR) is 531 cm³/mol. The summed E-state index contributed by atoms with van der Waals surface area (Å²) in [6.45, 7) is 5.91. The van der Waals surface area contributed by atoms with Gasteiger partial charge in [0, 0.05) is 68.5 Å². The molecule has 7 amide bonds. The summed E-state index contributed by atoms with van der Waals surface area (Å²) in [7, 11) is 0. The van der Waals surface area contributed by atoms with Crippen molar-refractivity contribution in [2.75, 3.05) is 50.4 Å². The van der Waals surface area contributed by atoms with Crippen LogP contribution in [0.3, 0.4) is 0 Å². The van der Waals surface area contributed by atoms with Gasteiger partial charge in [-0.15, -0.1) is 22.7 Å². The quantitative estimate of drug-likeness (QED) is 0.0226. The van der Waals surface area contributed by atoms with Crippen LogP contribution < -0.4 is 46.7 Å². The highest BCUT2D eigenvalue weighted by atomic mass is 32.1. The Hall–Kier alpha value is -16.6. The van der Waals surface area contributed by atoms with Gasteiger partial charge < -0.3 is 51.1 Å². The average molecular weight is 1820 g/mol. The van der Waals surface area contributed by atoms with E-state index in [4.69, 9.17) is 13.9 Å². The molecule has 0 unspecified atom stereocenters. The van der Waals surface area contributed by atoms with E-state index in [1.54, 1.807) is 115 Å². The van der Waals surface area contributed by atoms with Crippen molar-refractivity contribution >= 4 is 121 Å². The number of nitrogens with zero attached hydrogens (tertiary/aromatic N) is 1. The fourth-order valence-electron chi connectivity index (χ4n) is 13.5. The first-order valence-electron chi connectivity index (χ1n) is 43.1. The van der Waals surface area contributed by atoms with Crippen molar-refractivity contribution in [2.45, 2.75) is 52.9 Å². The zero-order chi connectivity index (χ0) is 93.8. The lowest BCUT2D eigenvalue weighted by Gasteiger charge is -2.10. The molecule has 3 aromatic heterocycles. The SMILES string of the molecule is CCc1ccc(OCC(=O)Nc2cccc(NC(=O)c3cccs3)c2)cc1.CCc1ccc2oc(-c3cccc(NC(=O)COc4ccccc4)c3)nc2c1.Cc1ccccc1C(=O)Nc1cccc(NC(=O)c2ccccc2F)c1.O=C(Cc1ccc(CCc2ccccc2)cc1)c1ccc(F)cc1.O=C(Nc1cccc(NC(=O)c2cccs2)c1)c1ccc(-c2ccccc2)cc1. The number of carbonyl (C=O) groups is 8. The number of amides is 7. The van der Waals surface area contributed by atoms with Crippen LogP contribution >= 0.6 is 22.7 Å². The van der Waals surface area contributed by atoms with Gasteiger partial charge in [0.2, 0.25) is 5.89 Å². The Morgan fingerprint density at radius 1 is 0.336 bits per heavy atom. The van der Waals surface area contributed by atoms with Gasteiger partial charge in [0.25, 0.3) is 41.4 Å². The van der Waals surface area contributed by atoms with Crippen molar-refractivity contribution in [2.24, 2.45) is 0 Å². The summed E-state index contributed by atoms with van der Waals surface area (Å²) in [5.74, 6) is -0.897. The molecule has 0 aliphatic carbocycles. The van der Waals surface area contributed by atoms with Gasteiger partial charge in [-0.05, 0) is 264 Å². The minimum Gasteiger partial charge on any atom is -0.484 e. The van der Waals surface area contributed by atoms with E-state index in [-0.39, 0.29) is 65.8 Å². The number of benzene rings is 14. The normalized spacial score (nSPS) is 10.4. The standard InChI is InChI=1S/C24H18N2O2S.C23H20N2O3.C22H19FO.C21H17FN2O2.C21H20N2O3S/c27-23(19-13-11-18(12-14-19)17-6-2-1-3-7-17)25-20-8-4-9-21(16-20)26-24(28)22-10-5-15-29-22;1-2-16-11-12-21-20(13-16)25-23(28-21)17-7-6-8-18(14-17)24-22(26)15-27-19-9-4-3-5-10-19;23-21-14-12-20(13-15-21)22(24)16-19-10-8-18(9-11-19)7-6-17-4-2-1-3-5-17;1-14-7-2-3-10-17(14)20(25)23-15-8-6-9-16(13-15)24-21(26)18-11-4-5-12-19(18)22;1-2-15-8-10-18(11-9-15)26-14-20(24)22-16-5-3-6-17(13-16)23-21(25)19-7-4-12-27-19/h1-16H,(H,25,27)(H,26,28);3-14H,2,15H2,1H3,(H,24,26);1-5,8-15H,6-7,16H2;2-13H,1H3,(H,23,25)(H,24,26);3-13H,2,14H2,1H3,(H,22,24)(H,23,25). The van der Waals surface area contributed by atoms with E-state index in [1.165, 1.54) is 87.4 Å². The summed E-state index contributed by atoms with van der Waals surface area (Å²) in [6, 6.07) is 113. The van der Waals surface area contributed by atoms with Crippen LogP contribution in [-0.4, -0.2) is 65.3 Å². The van der Waals surface area contributed by atoms with Gasteiger partial charge in [0.05, 0.1) is 15.3 Å². The summed E-state index contributed by atoms with van der Waals surface area (Å²) in [6.07, 6.45) is 4.24. The molecular formula is C111H94F2N8O11S2. The van der Waals surface area contributed by atoms with E-state index < -0.39 is 11.7 Å². The Kier molecular flexibility index (Phi) is 34.5. The number of hydrogen-bond donors (Lipinski definition) is 7. The number of fused-ring (bicyclic) bond motifs is 1. The highest BCUT2D eigenvalue weighted by Crippen LogP contribution is 2.30. The van der Waals surface area contributed by atoms with Crippen molar-refractivity contribution in [3.05, 3.63) is 464 Å². The summed E-state index contributed by atoms with van der Waals surface area (Å²) in [4.78, 5) is 104. The molecule has 670 valence electrons. The Labute approximate surface area is 783 Å². The molecule has 14 aromatic carbocycles. The molecule has 17 aromatic rings. The molecule has 0 atom stereocenters. The van der Waals surface area contributed by atoms with Crippen molar-refractivity contribution in [3.8, 4) is 34.1 Å². The number of para-hydroxylation sites is 1. The summed E-state index contributed by atoms with van der Waals surface area (Å²) >= 11 is 2.75. The number of ether oxygens (including phenoxy) is 2. The van der Waals surface area contributed by atoms with Gasteiger partial charge >= 0.3 is 0 Å². The molecule has 7 N–H and O–H groups in total. The lowest BCUT2D eigenvalue weighted by molar-refractivity contribution is -0.118. The monoisotopic (exact) mass is 1820 g/mol. The molecule has 3 heterocycles. The number of rotatable bonds is 28. The minimum absolute atomic E-state index is 0.00651. The van der Waals surface area contributed by atoms with Gasteiger partial charge in [0.1, 0.15) is 28.7 Å². The molecular weight excluding hydrogens is 1720 g/mol. The van der Waals surface area contributed by atoms with Crippen LogP contribution in [0.15, 0.2) is 391 Å². The number of Topliss-reactive ketones (excluding diaryl/α,β-unsaturated/α-hetero) is 1. The van der Waals surface area contributed by atoms with Crippen LogP contribution in [0.25, 0.3) is 33.7 Å². The van der Waals surface area contributed by atoms with Gasteiger partial charge in [-0.2, -0.15) is 0 Å². The number of nitrogens with one attached hydrogen (secondary N) is 7. The number of oxazole rings is 1. The van der Waals surface area contributed by atoms with E-state index in [0.717, 1.165) is 64.6 Å². The molecule has 23 heteroatoms. The van der Waals surface area contributed by atoms with E-state index in [0.29, 0.717) is 90.1 Å². The number of aromatic nitrogens is 1. The molecule has 0 spiro atoms. The Bertz CT molecular complexity index is 6720. The second-order valence-corrected chi connectivity index (χ2v) is 32.2. The van der Waals surface area contributed by atoms with Crippen molar-refractivity contribution in [3.63, 3.8) is 0 Å². The van der Waals surface area contributed by atoms with Crippen LogP contribution in [0.4, 0.5) is 48.6 Å². The maximum atomic E-state index is 13.7. The molecule has 0 radical (unpaired) electrons. The first-order valence-corrected chi connectivity index (χ1v) is 44.8. The number of carbonyl (C=O) groups excluding carboxylic acids is 8. The second-order valence-electron chi connectivity index (χ2n) is 30.4. The number of aryl methyl sites for hydroxylation is 5. The van der Waals surface area contributed by atoms with Gasteiger partial charge in [0.15, 0.2) is 24.6 Å². The molecule has 0 aliphatic rings. The third-order valence-electron chi connectivity index (χ3n) is 20.6. The first kappa shape index (κ1) is 95.0. The molecule has 0 aliphatic heterocycles. The Morgan fingerprint density at radius 2 is 0.754 bits per heavy atom. The largest absolute Gasteiger partial charge is 0.484 e. The molecule has 0 saturated carbocycles. The van der Waals surface area contributed by atoms with Crippen molar-refractivity contribution < 1.29 is 61.0 Å². The highest BCUT2D eigenvalue weighted by Gasteiger charge is 2.18. The summed E-state index contributed by atoms with van der Waals surface area (Å²) in [5, 5.41) is 23.3. The number of thiophene rings is 2. The average Bonchev–Trinajstić information content (AvgIpc) is 1.71. The number of ketones is 1. The summed E-state index contributed by atoms with van der Waals surface area (Å²) < 4.78 is 43.5. The summed E-state index contributed by atoms with van der Waals surface area (Å²) in [5.41, 5.74) is 17.2. The van der Waals surface area contributed by atoms with E-state index >= 15 is 0 Å². The number of halogens is 2. The van der Waals surface area contributed by atoms with Crippen LogP contribution in [-0.2, 0) is 41.7 Å². The Morgan fingerprint density at radius 3 is 1.28 bits per heavy atom. The highest BCUT2D eigenvalue weighted by molar-refractivity contribution is 7.12. The fourth-order valence-corrected chi connectivity index (χ4v) is 14.7. The molecule has 0 fully saturated rings. The third kappa shape index (κ3) is 29.2. The van der Waals surface area contributed by atoms with E-state index in [9.17, 15) is 47.1 Å². The number of hydrogen-bond acceptors (Lipinski definition) is 14. The molecule has 0 bridgehead atoms. The topological polar surface area (TPSA) is 265 Å². The first-order chi connectivity index (χ1) is 65.3. The van der Waals surface area contributed by atoms with Gasteiger partial charge in [-0.3, -0.25) is 38.4 Å². The second kappa shape index (κ2) is 48.7. The lowest BCUT2D eigenvalue weighted by Crippen LogP contribution is -2.20. The van der Waals surface area contributed by atoms with Crippen LogP contribution in [0.1, 0.15) is 108 Å². The maximum absolute atomic E-state index is 13.7. The van der Waals surface area contributed by atoms with Gasteiger partial charge in [-0.25, -0.2) is 13.8 Å². The van der Waals surface area contributed by atoms with Crippen LogP contribution in [0.2, 0.25) is 0 Å². The lowest BCUT2D eigenvalue weighted by atomic mass is 9.99. The minimum atomic E-state index is -0.589. The van der Waals surface area contributed by atoms with E-state index in [1.807, 2.05) is 200 Å². The molecule has 19 nitrogen and oxygen atoms in total.